The maximum atomic E-state index is 13.4. The number of nitro groups is 1. The number of nitro benzene ring substituents is 1. The first kappa shape index (κ1) is 25.1. The molecule has 4 aromatic carbocycles. The second kappa shape index (κ2) is 11.1. The summed E-state index contributed by atoms with van der Waals surface area (Å²) in [6.45, 7) is 1.31. The highest BCUT2D eigenvalue weighted by atomic mass is 16.6. The molecule has 0 saturated heterocycles. The molecule has 9 nitrogen and oxygen atoms in total. The highest BCUT2D eigenvalue weighted by Gasteiger charge is 2.26. The van der Waals surface area contributed by atoms with Gasteiger partial charge >= 0.3 is 0 Å². The number of rotatable bonds is 7. The molecule has 0 radical (unpaired) electrons. The zero-order valence-corrected chi connectivity index (χ0v) is 20.0. The first-order valence-corrected chi connectivity index (χ1v) is 11.5. The van der Waals surface area contributed by atoms with Crippen molar-refractivity contribution < 1.29 is 19.3 Å². The fraction of sp³-hybridized carbons (Fsp3) is 0.107. The molecule has 0 aliphatic carbocycles. The summed E-state index contributed by atoms with van der Waals surface area (Å²) in [6, 6.07) is 25.9. The Hall–Kier alpha value is -5.05. The van der Waals surface area contributed by atoms with Gasteiger partial charge in [-0.1, -0.05) is 66.7 Å². The molecule has 2 N–H and O–H groups in total. The predicted molar refractivity (Wildman–Crippen MR) is 140 cm³/mol. The first-order valence-electron chi connectivity index (χ1n) is 11.5. The van der Waals surface area contributed by atoms with Gasteiger partial charge in [0, 0.05) is 31.0 Å². The van der Waals surface area contributed by atoms with E-state index in [0.29, 0.717) is 16.8 Å². The van der Waals surface area contributed by atoms with Gasteiger partial charge in [0.2, 0.25) is 5.91 Å². The van der Waals surface area contributed by atoms with Crippen molar-refractivity contribution in [1.29, 1.82) is 0 Å². The van der Waals surface area contributed by atoms with Crippen LogP contribution in [0.5, 0.6) is 0 Å². The molecule has 0 heterocycles. The van der Waals surface area contributed by atoms with Gasteiger partial charge in [0.25, 0.3) is 17.5 Å². The molecule has 0 aliphatic rings. The van der Waals surface area contributed by atoms with Crippen LogP contribution in [0.1, 0.15) is 22.8 Å². The Morgan fingerprint density at radius 2 is 1.51 bits per heavy atom. The molecule has 0 saturated carbocycles. The number of para-hydroxylation sites is 1. The number of non-ortho nitro benzene ring substituents is 1. The van der Waals surface area contributed by atoms with Gasteiger partial charge in [-0.3, -0.25) is 29.9 Å². The molecule has 0 bridgehead atoms. The van der Waals surface area contributed by atoms with Crippen molar-refractivity contribution in [2.75, 3.05) is 5.01 Å². The number of anilines is 1. The molecule has 0 aliphatic heterocycles. The quantitative estimate of drug-likeness (QED) is 0.294. The van der Waals surface area contributed by atoms with Crippen molar-refractivity contribution in [2.24, 2.45) is 0 Å². The van der Waals surface area contributed by atoms with Crippen LogP contribution in [0.15, 0.2) is 97.1 Å². The summed E-state index contributed by atoms with van der Waals surface area (Å²) in [5.74, 6) is -1.51. The number of carbonyl (C=O) groups is 3. The maximum absolute atomic E-state index is 13.4. The third-order valence-corrected chi connectivity index (χ3v) is 5.79. The van der Waals surface area contributed by atoms with Gasteiger partial charge in [0.15, 0.2) is 0 Å². The van der Waals surface area contributed by atoms with E-state index in [1.807, 2.05) is 30.3 Å². The molecule has 0 spiro atoms. The van der Waals surface area contributed by atoms with Crippen LogP contribution in [0.25, 0.3) is 10.8 Å². The van der Waals surface area contributed by atoms with E-state index in [0.717, 1.165) is 15.8 Å². The summed E-state index contributed by atoms with van der Waals surface area (Å²) in [5, 5.41) is 16.5. The standard InChI is InChI=1S/C28H24N4O5/c1-19(33)31(22-10-3-2-4-11-22)30-28(35)26(18-20-14-16-23(17-15-20)32(36)37)29-27(34)25-13-7-9-21-8-5-6-12-24(21)25/h2-17,26H,18H2,1H3,(H,29,34)(H,30,35). The van der Waals surface area contributed by atoms with E-state index in [2.05, 4.69) is 10.7 Å². The predicted octanol–water partition coefficient (Wildman–Crippen LogP) is 4.17. The number of hydrogen-bond acceptors (Lipinski definition) is 5. The lowest BCUT2D eigenvalue weighted by molar-refractivity contribution is -0.384. The van der Waals surface area contributed by atoms with Gasteiger partial charge < -0.3 is 5.32 Å². The average molecular weight is 497 g/mol. The van der Waals surface area contributed by atoms with E-state index in [1.165, 1.54) is 31.2 Å². The molecule has 186 valence electrons. The number of hydrogen-bond donors (Lipinski definition) is 2. The number of fused-ring (bicyclic) bond motifs is 1. The molecule has 0 fully saturated rings. The maximum Gasteiger partial charge on any atom is 0.269 e. The first-order chi connectivity index (χ1) is 17.8. The van der Waals surface area contributed by atoms with E-state index < -0.39 is 28.7 Å². The fourth-order valence-corrected chi connectivity index (χ4v) is 3.95. The van der Waals surface area contributed by atoms with Crippen molar-refractivity contribution in [3.63, 3.8) is 0 Å². The number of benzene rings is 4. The highest BCUT2D eigenvalue weighted by Crippen LogP contribution is 2.19. The van der Waals surface area contributed by atoms with Crippen LogP contribution in [-0.4, -0.2) is 28.7 Å². The van der Waals surface area contributed by atoms with Gasteiger partial charge in [-0.2, -0.15) is 0 Å². The monoisotopic (exact) mass is 496 g/mol. The lowest BCUT2D eigenvalue weighted by Crippen LogP contribution is -2.54. The summed E-state index contributed by atoms with van der Waals surface area (Å²) >= 11 is 0. The van der Waals surface area contributed by atoms with Crippen molar-refractivity contribution in [3.05, 3.63) is 118 Å². The molecular formula is C28H24N4O5. The van der Waals surface area contributed by atoms with E-state index in [9.17, 15) is 24.5 Å². The summed E-state index contributed by atoms with van der Waals surface area (Å²) in [4.78, 5) is 49.6. The molecule has 9 heteroatoms. The van der Waals surface area contributed by atoms with Crippen LogP contribution in [0.4, 0.5) is 11.4 Å². The summed E-state index contributed by atoms with van der Waals surface area (Å²) in [7, 11) is 0. The number of carbonyl (C=O) groups excluding carboxylic acids is 3. The minimum Gasteiger partial charge on any atom is -0.340 e. The second-order valence-electron chi connectivity index (χ2n) is 8.35. The van der Waals surface area contributed by atoms with Crippen molar-refractivity contribution in [2.45, 2.75) is 19.4 Å². The van der Waals surface area contributed by atoms with E-state index >= 15 is 0 Å². The summed E-state index contributed by atoms with van der Waals surface area (Å²) in [5.41, 5.74) is 3.96. The Labute approximate surface area is 212 Å². The molecule has 1 atom stereocenters. The third kappa shape index (κ3) is 5.96. The van der Waals surface area contributed by atoms with E-state index in [1.54, 1.807) is 42.5 Å². The topological polar surface area (TPSA) is 122 Å². The highest BCUT2D eigenvalue weighted by molar-refractivity contribution is 6.08. The zero-order valence-electron chi connectivity index (χ0n) is 20.0. The zero-order chi connectivity index (χ0) is 26.4. The Balaban J connectivity index is 1.63. The lowest BCUT2D eigenvalue weighted by Gasteiger charge is -2.26. The Kier molecular flexibility index (Phi) is 7.53. The van der Waals surface area contributed by atoms with E-state index in [4.69, 9.17) is 0 Å². The van der Waals surface area contributed by atoms with Gasteiger partial charge in [-0.25, -0.2) is 5.01 Å². The third-order valence-electron chi connectivity index (χ3n) is 5.79. The molecule has 37 heavy (non-hydrogen) atoms. The molecule has 3 amide bonds. The van der Waals surface area contributed by atoms with Crippen LogP contribution >= 0.6 is 0 Å². The molecule has 4 aromatic rings. The molecule has 0 aromatic heterocycles. The summed E-state index contributed by atoms with van der Waals surface area (Å²) in [6.07, 6.45) is 0.0425. The van der Waals surface area contributed by atoms with Gasteiger partial charge in [-0.15, -0.1) is 0 Å². The lowest BCUT2D eigenvalue weighted by atomic mass is 10.0. The number of hydrazine groups is 1. The van der Waals surface area contributed by atoms with Crippen molar-refractivity contribution in [3.8, 4) is 0 Å². The van der Waals surface area contributed by atoms with Crippen molar-refractivity contribution >= 4 is 39.9 Å². The fourth-order valence-electron chi connectivity index (χ4n) is 3.95. The van der Waals surface area contributed by atoms with Crippen LogP contribution in [0.3, 0.4) is 0 Å². The Morgan fingerprint density at radius 3 is 2.19 bits per heavy atom. The minimum atomic E-state index is -1.08. The number of nitrogens with one attached hydrogen (secondary N) is 2. The SMILES string of the molecule is CC(=O)N(NC(=O)C(Cc1ccc([N+](=O)[O-])cc1)NC(=O)c1cccc2ccccc12)c1ccccc1. The van der Waals surface area contributed by atoms with Gasteiger partial charge in [0.1, 0.15) is 6.04 Å². The van der Waals surface area contributed by atoms with Gasteiger partial charge in [-0.05, 0) is 34.5 Å². The summed E-state index contributed by atoms with van der Waals surface area (Å²) < 4.78 is 0. The number of amides is 3. The van der Waals surface area contributed by atoms with Crippen molar-refractivity contribution in [1.82, 2.24) is 10.7 Å². The van der Waals surface area contributed by atoms with Crippen LogP contribution in [0.2, 0.25) is 0 Å². The normalized spacial score (nSPS) is 11.4. The Morgan fingerprint density at radius 1 is 0.865 bits per heavy atom. The molecule has 4 rings (SSSR count). The largest absolute Gasteiger partial charge is 0.340 e. The van der Waals surface area contributed by atoms with Crippen LogP contribution < -0.4 is 15.8 Å². The van der Waals surface area contributed by atoms with Crippen LogP contribution in [0, 0.1) is 10.1 Å². The van der Waals surface area contributed by atoms with Crippen LogP contribution in [-0.2, 0) is 16.0 Å². The van der Waals surface area contributed by atoms with E-state index in [-0.39, 0.29) is 12.1 Å². The molecule has 1 unspecified atom stereocenters. The average Bonchev–Trinajstić information content (AvgIpc) is 2.91. The van der Waals surface area contributed by atoms with Gasteiger partial charge in [0.05, 0.1) is 10.6 Å². The molecular weight excluding hydrogens is 472 g/mol. The Bertz CT molecular complexity index is 1450. The smallest absolute Gasteiger partial charge is 0.269 e. The number of nitrogens with zero attached hydrogens (tertiary/aromatic N) is 2. The second-order valence-corrected chi connectivity index (χ2v) is 8.35. The minimum absolute atomic E-state index is 0.0425.